The highest BCUT2D eigenvalue weighted by molar-refractivity contribution is 7.89. The average molecular weight is 430 g/mol. The highest BCUT2D eigenvalue weighted by Gasteiger charge is 2.51. The number of carbonyl (C=O) groups excluding carboxylic acids is 2. The maximum atomic E-state index is 12.9. The molecule has 0 saturated carbocycles. The second-order valence-electron chi connectivity index (χ2n) is 7.75. The molecule has 3 rings (SSSR count). The van der Waals surface area contributed by atoms with Crippen LogP contribution < -0.4 is 5.32 Å². The molecule has 29 heavy (non-hydrogen) atoms. The van der Waals surface area contributed by atoms with E-state index >= 15 is 0 Å². The van der Waals surface area contributed by atoms with Crippen LogP contribution in [0.4, 0.5) is 0 Å². The molecular formula is C19H31N3O6S. The van der Waals surface area contributed by atoms with Gasteiger partial charge in [-0.15, -0.1) is 0 Å². The SMILES string of the molecule is CCS(=O)(=O)N1CCC2(CC1)OC(=O)C(C)=C2C(=O)NCCCN1CCOCC1. The smallest absolute Gasteiger partial charge is 0.335 e. The van der Waals surface area contributed by atoms with Crippen LogP contribution in [-0.2, 0) is 29.1 Å². The summed E-state index contributed by atoms with van der Waals surface area (Å²) in [7, 11) is -3.30. The van der Waals surface area contributed by atoms with Gasteiger partial charge in [0.05, 0.1) is 24.5 Å². The molecule has 0 aromatic carbocycles. The normalized spacial score (nSPS) is 23.4. The van der Waals surface area contributed by atoms with Crippen molar-refractivity contribution in [3.63, 3.8) is 0 Å². The van der Waals surface area contributed by atoms with E-state index in [2.05, 4.69) is 10.2 Å². The quantitative estimate of drug-likeness (QED) is 0.444. The third-order valence-electron chi connectivity index (χ3n) is 5.98. The van der Waals surface area contributed by atoms with Gasteiger partial charge in [-0.05, 0) is 26.8 Å². The van der Waals surface area contributed by atoms with Gasteiger partial charge in [-0.1, -0.05) is 0 Å². The summed E-state index contributed by atoms with van der Waals surface area (Å²) in [5.74, 6) is -0.747. The van der Waals surface area contributed by atoms with Crippen LogP contribution >= 0.6 is 0 Å². The van der Waals surface area contributed by atoms with Crippen molar-refractivity contribution in [2.45, 2.75) is 38.7 Å². The number of nitrogens with one attached hydrogen (secondary N) is 1. The number of sulfonamides is 1. The van der Waals surface area contributed by atoms with Crippen molar-refractivity contribution in [2.24, 2.45) is 0 Å². The zero-order valence-electron chi connectivity index (χ0n) is 17.2. The van der Waals surface area contributed by atoms with Crippen molar-refractivity contribution in [3.05, 3.63) is 11.1 Å². The Morgan fingerprint density at radius 3 is 2.45 bits per heavy atom. The predicted molar refractivity (Wildman–Crippen MR) is 107 cm³/mol. The van der Waals surface area contributed by atoms with Crippen LogP contribution in [0.15, 0.2) is 11.1 Å². The lowest BCUT2D eigenvalue weighted by atomic mass is 9.83. The van der Waals surface area contributed by atoms with E-state index in [1.54, 1.807) is 13.8 Å². The highest BCUT2D eigenvalue weighted by Crippen LogP contribution is 2.41. The highest BCUT2D eigenvalue weighted by atomic mass is 32.2. The first kappa shape index (κ1) is 22.2. The second kappa shape index (κ2) is 9.11. The minimum atomic E-state index is -3.30. The van der Waals surface area contributed by atoms with Gasteiger partial charge in [0.2, 0.25) is 10.0 Å². The number of piperidine rings is 1. The minimum Gasteiger partial charge on any atom is -0.450 e. The fourth-order valence-corrected chi connectivity index (χ4v) is 5.31. The summed E-state index contributed by atoms with van der Waals surface area (Å²) in [6.45, 7) is 8.37. The standard InChI is InChI=1S/C19H31N3O6S/c1-3-29(25,26)22-9-5-19(6-10-22)16(15(2)18(24)28-19)17(23)20-7-4-8-21-11-13-27-14-12-21/h3-14H2,1-2H3,(H,20,23). The maximum absolute atomic E-state index is 12.9. The van der Waals surface area contributed by atoms with Crippen LogP contribution in [0.25, 0.3) is 0 Å². The largest absolute Gasteiger partial charge is 0.450 e. The van der Waals surface area contributed by atoms with Gasteiger partial charge >= 0.3 is 5.97 Å². The summed E-state index contributed by atoms with van der Waals surface area (Å²) in [5.41, 5.74) is -0.334. The van der Waals surface area contributed by atoms with Gasteiger partial charge in [0.15, 0.2) is 0 Å². The summed E-state index contributed by atoms with van der Waals surface area (Å²) in [6, 6.07) is 0. The van der Waals surface area contributed by atoms with Crippen LogP contribution in [0.2, 0.25) is 0 Å². The van der Waals surface area contributed by atoms with Crippen LogP contribution in [-0.4, -0.2) is 93.3 Å². The Hall–Kier alpha value is -1.49. The van der Waals surface area contributed by atoms with Gasteiger partial charge < -0.3 is 14.8 Å². The number of morpholine rings is 1. The van der Waals surface area contributed by atoms with Gasteiger partial charge in [0.25, 0.3) is 5.91 Å². The molecule has 3 heterocycles. The van der Waals surface area contributed by atoms with Crippen LogP contribution in [0.3, 0.4) is 0 Å². The molecule has 2 saturated heterocycles. The fourth-order valence-electron chi connectivity index (χ4n) is 4.20. The Morgan fingerprint density at radius 2 is 1.83 bits per heavy atom. The van der Waals surface area contributed by atoms with E-state index in [9.17, 15) is 18.0 Å². The molecule has 1 spiro atoms. The van der Waals surface area contributed by atoms with Crippen molar-refractivity contribution >= 4 is 21.9 Å². The van der Waals surface area contributed by atoms with Gasteiger partial charge in [-0.25, -0.2) is 17.5 Å². The molecule has 1 amide bonds. The zero-order valence-corrected chi connectivity index (χ0v) is 18.1. The molecule has 1 N–H and O–H groups in total. The molecule has 0 aromatic rings. The number of carbonyl (C=O) groups is 2. The van der Waals surface area contributed by atoms with Crippen molar-refractivity contribution < 1.29 is 27.5 Å². The number of esters is 1. The lowest BCUT2D eigenvalue weighted by Gasteiger charge is -2.38. The second-order valence-corrected chi connectivity index (χ2v) is 10.0. The first-order valence-electron chi connectivity index (χ1n) is 10.3. The topological polar surface area (TPSA) is 105 Å². The Kier molecular flexibility index (Phi) is 6.98. The fraction of sp³-hybridized carbons (Fsp3) is 0.789. The van der Waals surface area contributed by atoms with Crippen molar-refractivity contribution in [1.29, 1.82) is 0 Å². The molecule has 3 aliphatic heterocycles. The first-order chi connectivity index (χ1) is 13.8. The van der Waals surface area contributed by atoms with Crippen LogP contribution in [0.1, 0.15) is 33.1 Å². The van der Waals surface area contributed by atoms with Crippen LogP contribution in [0, 0.1) is 0 Å². The number of amides is 1. The number of hydrogen-bond donors (Lipinski definition) is 1. The van der Waals surface area contributed by atoms with Gasteiger partial charge in [-0.2, -0.15) is 0 Å². The Balaban J connectivity index is 1.59. The third kappa shape index (κ3) is 4.82. The molecule has 0 atom stereocenters. The van der Waals surface area contributed by atoms with Crippen molar-refractivity contribution in [1.82, 2.24) is 14.5 Å². The Bertz CT molecular complexity index is 765. The first-order valence-corrected chi connectivity index (χ1v) is 11.9. The van der Waals surface area contributed by atoms with Crippen LogP contribution in [0.5, 0.6) is 0 Å². The Labute approximate surface area is 172 Å². The number of hydrogen-bond acceptors (Lipinski definition) is 7. The van der Waals surface area contributed by atoms with E-state index in [4.69, 9.17) is 9.47 Å². The van der Waals surface area contributed by atoms with E-state index in [0.717, 1.165) is 39.3 Å². The predicted octanol–water partition coefficient (Wildman–Crippen LogP) is -0.117. The molecule has 0 radical (unpaired) electrons. The molecule has 164 valence electrons. The monoisotopic (exact) mass is 429 g/mol. The molecule has 3 aliphatic rings. The average Bonchev–Trinajstić information content (AvgIpc) is 2.95. The summed E-state index contributed by atoms with van der Waals surface area (Å²) in [5, 5.41) is 2.92. The number of nitrogens with zero attached hydrogens (tertiary/aromatic N) is 2. The van der Waals surface area contributed by atoms with Gasteiger partial charge in [0.1, 0.15) is 5.60 Å². The third-order valence-corrected chi connectivity index (χ3v) is 7.86. The molecule has 0 aromatic heterocycles. The van der Waals surface area contributed by atoms with Gasteiger partial charge in [0, 0.05) is 51.1 Å². The van der Waals surface area contributed by atoms with Crippen molar-refractivity contribution in [2.75, 3.05) is 58.2 Å². The Morgan fingerprint density at radius 1 is 1.17 bits per heavy atom. The zero-order chi connectivity index (χ0) is 21.1. The van der Waals surface area contributed by atoms with Crippen molar-refractivity contribution in [3.8, 4) is 0 Å². The van der Waals surface area contributed by atoms with E-state index in [1.807, 2.05) is 0 Å². The molecular weight excluding hydrogens is 398 g/mol. The van der Waals surface area contributed by atoms with E-state index in [1.165, 1.54) is 4.31 Å². The van der Waals surface area contributed by atoms with Gasteiger partial charge in [-0.3, -0.25) is 9.69 Å². The molecule has 2 fully saturated rings. The summed E-state index contributed by atoms with van der Waals surface area (Å²) < 4.78 is 36.6. The molecule has 0 unspecified atom stereocenters. The van der Waals surface area contributed by atoms with E-state index in [0.29, 0.717) is 30.5 Å². The molecule has 9 nitrogen and oxygen atoms in total. The van der Waals surface area contributed by atoms with E-state index < -0.39 is 21.6 Å². The lowest BCUT2D eigenvalue weighted by molar-refractivity contribution is -0.150. The lowest BCUT2D eigenvalue weighted by Crippen LogP contribution is -2.50. The number of rotatable bonds is 7. The molecule has 0 bridgehead atoms. The summed E-state index contributed by atoms with van der Waals surface area (Å²) in [6.07, 6.45) is 1.40. The van der Waals surface area contributed by atoms with E-state index in [-0.39, 0.29) is 24.7 Å². The molecule has 10 heteroatoms. The summed E-state index contributed by atoms with van der Waals surface area (Å²) >= 11 is 0. The number of ether oxygens (including phenoxy) is 2. The molecule has 0 aliphatic carbocycles. The summed E-state index contributed by atoms with van der Waals surface area (Å²) in [4.78, 5) is 27.4. The maximum Gasteiger partial charge on any atom is 0.335 e. The minimum absolute atomic E-state index is 0.0329.